The van der Waals surface area contributed by atoms with Gasteiger partial charge in [0, 0.05) is 38.4 Å². The third-order valence-electron chi connectivity index (χ3n) is 6.86. The molecular weight excluding hydrogens is 555 g/mol. The number of hydrogen-bond donors (Lipinski definition) is 0. The number of benzene rings is 3. The quantitative estimate of drug-likeness (QED) is 0.418. The lowest BCUT2D eigenvalue weighted by atomic mass is 10.1. The number of para-hydroxylation sites is 1. The molecule has 0 aliphatic carbocycles. The molecule has 206 valence electrons. The van der Waals surface area contributed by atoms with E-state index in [9.17, 15) is 26.4 Å². The van der Waals surface area contributed by atoms with E-state index in [1.807, 2.05) is 12.1 Å². The van der Waals surface area contributed by atoms with Crippen molar-refractivity contribution in [3.8, 4) is 5.75 Å². The zero-order valence-corrected chi connectivity index (χ0v) is 22.3. The molecule has 0 unspecified atom stereocenters. The fourth-order valence-electron chi connectivity index (χ4n) is 4.77. The maximum absolute atomic E-state index is 13.2. The Bertz CT molecular complexity index is 1490. The van der Waals surface area contributed by atoms with Crippen molar-refractivity contribution in [2.45, 2.75) is 17.5 Å². The Balaban J connectivity index is 1.18. The number of piperazine rings is 1. The smallest absolute Gasteiger partial charge is 0.416 e. The van der Waals surface area contributed by atoms with Crippen LogP contribution in [-0.2, 0) is 27.4 Å². The van der Waals surface area contributed by atoms with E-state index < -0.39 is 21.8 Å². The van der Waals surface area contributed by atoms with E-state index in [1.165, 1.54) is 28.6 Å². The molecule has 12 heteroatoms. The highest BCUT2D eigenvalue weighted by Crippen LogP contribution is 2.35. The summed E-state index contributed by atoms with van der Waals surface area (Å²) in [4.78, 5) is 16.1. The molecule has 1 amide bonds. The molecular formula is C27H25ClF3N3O4S. The Morgan fingerprint density at radius 3 is 2.38 bits per heavy atom. The summed E-state index contributed by atoms with van der Waals surface area (Å²) >= 11 is 6.32. The molecule has 1 fully saturated rings. The molecule has 2 aliphatic heterocycles. The van der Waals surface area contributed by atoms with Gasteiger partial charge in [0.05, 0.1) is 21.2 Å². The lowest BCUT2D eigenvalue weighted by molar-refractivity contribution is -0.137. The predicted octanol–water partition coefficient (Wildman–Crippen LogP) is 4.84. The summed E-state index contributed by atoms with van der Waals surface area (Å²) in [6.45, 7) is 1.42. The number of hydrogen-bond acceptors (Lipinski definition) is 5. The van der Waals surface area contributed by atoms with Crippen molar-refractivity contribution in [3.63, 3.8) is 0 Å². The van der Waals surface area contributed by atoms with Gasteiger partial charge in [0.1, 0.15) is 5.75 Å². The number of amides is 1. The Hall–Kier alpha value is -3.44. The summed E-state index contributed by atoms with van der Waals surface area (Å²) < 4.78 is 72.5. The second-order valence-electron chi connectivity index (χ2n) is 9.25. The summed E-state index contributed by atoms with van der Waals surface area (Å²) in [6.07, 6.45) is -3.80. The van der Waals surface area contributed by atoms with E-state index in [-0.39, 0.29) is 28.2 Å². The molecule has 39 heavy (non-hydrogen) atoms. The van der Waals surface area contributed by atoms with Gasteiger partial charge < -0.3 is 14.5 Å². The number of alkyl halides is 3. The lowest BCUT2D eigenvalue weighted by Gasteiger charge is -2.36. The summed E-state index contributed by atoms with van der Waals surface area (Å²) in [7, 11) is -3.83. The minimum atomic E-state index is -4.42. The van der Waals surface area contributed by atoms with Crippen LogP contribution in [0.1, 0.15) is 11.1 Å². The second kappa shape index (κ2) is 10.6. The van der Waals surface area contributed by atoms with Gasteiger partial charge in [-0.15, -0.1) is 0 Å². The van der Waals surface area contributed by atoms with Gasteiger partial charge in [-0.25, -0.2) is 8.42 Å². The van der Waals surface area contributed by atoms with Crippen LogP contribution in [0.15, 0.2) is 71.6 Å². The number of carbonyl (C=O) groups is 1. The van der Waals surface area contributed by atoms with Crippen molar-refractivity contribution in [1.82, 2.24) is 4.90 Å². The number of carbonyl (C=O) groups excluding carboxylic acids is 1. The van der Waals surface area contributed by atoms with Crippen molar-refractivity contribution >= 4 is 38.9 Å². The highest BCUT2D eigenvalue weighted by atomic mass is 35.5. The number of halogens is 4. The summed E-state index contributed by atoms with van der Waals surface area (Å²) in [5.74, 6) is -0.131. The monoisotopic (exact) mass is 579 g/mol. The van der Waals surface area contributed by atoms with Gasteiger partial charge in [0.2, 0.25) is 0 Å². The molecule has 7 nitrogen and oxygen atoms in total. The van der Waals surface area contributed by atoms with Crippen molar-refractivity contribution in [2.75, 3.05) is 48.5 Å². The number of fused-ring (bicyclic) bond motifs is 1. The highest BCUT2D eigenvalue weighted by molar-refractivity contribution is 7.92. The molecule has 0 aromatic heterocycles. The van der Waals surface area contributed by atoms with E-state index in [4.69, 9.17) is 16.3 Å². The molecule has 0 radical (unpaired) electrons. The second-order valence-corrected chi connectivity index (χ2v) is 11.5. The first-order valence-corrected chi connectivity index (χ1v) is 14.1. The first-order valence-electron chi connectivity index (χ1n) is 12.3. The van der Waals surface area contributed by atoms with Gasteiger partial charge in [0.15, 0.2) is 6.61 Å². The van der Waals surface area contributed by atoms with Gasteiger partial charge in [-0.05, 0) is 54.4 Å². The molecule has 0 spiro atoms. The summed E-state index contributed by atoms with van der Waals surface area (Å²) in [5.41, 5.74) is 1.34. The topological polar surface area (TPSA) is 70.2 Å². The molecule has 0 saturated carbocycles. The molecule has 2 heterocycles. The van der Waals surface area contributed by atoms with Crippen LogP contribution < -0.4 is 13.9 Å². The molecule has 3 aromatic rings. The first-order chi connectivity index (χ1) is 18.5. The van der Waals surface area contributed by atoms with E-state index >= 15 is 0 Å². The van der Waals surface area contributed by atoms with Crippen LogP contribution in [0.3, 0.4) is 0 Å². The van der Waals surface area contributed by atoms with Crippen LogP contribution >= 0.6 is 11.6 Å². The zero-order valence-electron chi connectivity index (χ0n) is 20.7. The van der Waals surface area contributed by atoms with E-state index in [2.05, 4.69) is 0 Å². The number of nitrogens with zero attached hydrogens (tertiary/aromatic N) is 3. The fourth-order valence-corrected chi connectivity index (χ4v) is 6.60. The molecule has 2 aliphatic rings. The number of ether oxygens (including phenoxy) is 1. The minimum Gasteiger partial charge on any atom is -0.482 e. The van der Waals surface area contributed by atoms with Gasteiger partial charge in [0.25, 0.3) is 15.9 Å². The van der Waals surface area contributed by atoms with Crippen LogP contribution in [0, 0.1) is 0 Å². The van der Waals surface area contributed by atoms with Crippen molar-refractivity contribution in [3.05, 3.63) is 82.9 Å². The number of anilines is 2. The molecule has 0 N–H and O–H groups in total. The lowest BCUT2D eigenvalue weighted by Crippen LogP contribution is -2.50. The third-order valence-corrected chi connectivity index (χ3v) is 8.96. The molecule has 0 atom stereocenters. The van der Waals surface area contributed by atoms with Crippen LogP contribution in [0.5, 0.6) is 5.75 Å². The first kappa shape index (κ1) is 27.1. The maximum Gasteiger partial charge on any atom is 0.416 e. The Morgan fingerprint density at radius 2 is 1.67 bits per heavy atom. The predicted molar refractivity (Wildman–Crippen MR) is 142 cm³/mol. The molecule has 3 aromatic carbocycles. The molecule has 5 rings (SSSR count). The van der Waals surface area contributed by atoms with Crippen LogP contribution in [0.2, 0.25) is 5.02 Å². The number of rotatable bonds is 6. The summed E-state index contributed by atoms with van der Waals surface area (Å²) in [6, 6.07) is 16.6. The molecule has 1 saturated heterocycles. The van der Waals surface area contributed by atoms with Crippen LogP contribution in [0.25, 0.3) is 0 Å². The van der Waals surface area contributed by atoms with Gasteiger partial charge >= 0.3 is 6.18 Å². The van der Waals surface area contributed by atoms with Crippen molar-refractivity contribution in [2.24, 2.45) is 0 Å². The Morgan fingerprint density at radius 1 is 0.923 bits per heavy atom. The normalized spacial score (nSPS) is 15.8. The standard InChI is InChI=1S/C27H25ClF3N3O4S/c28-23-17-22(39(36,37)34-11-10-19-4-1-2-7-24(19)34)8-9-25(23)38-18-26(35)33-14-12-32(13-15-33)21-6-3-5-20(16-21)27(29,30)31/h1-9,16-17H,10-15,18H2. The van der Waals surface area contributed by atoms with E-state index in [1.54, 1.807) is 28.0 Å². The van der Waals surface area contributed by atoms with Gasteiger partial charge in [-0.1, -0.05) is 35.9 Å². The summed E-state index contributed by atoms with van der Waals surface area (Å²) in [5, 5.41) is 0.0609. The maximum atomic E-state index is 13.2. The Kier molecular flexibility index (Phi) is 7.39. The average molecular weight is 580 g/mol. The zero-order chi connectivity index (χ0) is 27.8. The van der Waals surface area contributed by atoms with Crippen molar-refractivity contribution in [1.29, 1.82) is 0 Å². The van der Waals surface area contributed by atoms with E-state index in [0.29, 0.717) is 50.5 Å². The SMILES string of the molecule is O=C(COc1ccc(S(=O)(=O)N2CCc3ccccc32)cc1Cl)N1CCN(c2cccc(C(F)(F)F)c2)CC1. The number of sulfonamides is 1. The fraction of sp³-hybridized carbons (Fsp3) is 0.296. The van der Waals surface area contributed by atoms with Crippen molar-refractivity contribution < 1.29 is 31.1 Å². The van der Waals surface area contributed by atoms with Gasteiger partial charge in [-0.2, -0.15) is 13.2 Å². The minimum absolute atomic E-state index is 0.0218. The van der Waals surface area contributed by atoms with Crippen LogP contribution in [0.4, 0.5) is 24.5 Å². The van der Waals surface area contributed by atoms with E-state index in [0.717, 1.165) is 17.7 Å². The average Bonchev–Trinajstić information content (AvgIpc) is 3.37. The van der Waals surface area contributed by atoms with Crippen LogP contribution in [-0.4, -0.2) is 58.6 Å². The third kappa shape index (κ3) is 5.65. The molecule has 0 bridgehead atoms. The van der Waals surface area contributed by atoms with Gasteiger partial charge in [-0.3, -0.25) is 9.10 Å². The largest absolute Gasteiger partial charge is 0.482 e. The highest BCUT2D eigenvalue weighted by Gasteiger charge is 2.32. The Labute approximate surface area is 229 Å².